The van der Waals surface area contributed by atoms with E-state index in [0.717, 1.165) is 6.42 Å². The summed E-state index contributed by atoms with van der Waals surface area (Å²) in [7, 11) is 1.32. The third kappa shape index (κ3) is 4.06. The maximum Gasteiger partial charge on any atom is 0.328 e. The van der Waals surface area contributed by atoms with Crippen LogP contribution in [0.5, 0.6) is 0 Å². The summed E-state index contributed by atoms with van der Waals surface area (Å²) < 4.78 is 5.43. The summed E-state index contributed by atoms with van der Waals surface area (Å²) in [5.74, 6) is -0.697. The Labute approximate surface area is 121 Å². The van der Waals surface area contributed by atoms with Crippen LogP contribution in [0.15, 0.2) is 28.7 Å². The normalized spacial score (nSPS) is 13.5. The quantitative estimate of drug-likeness (QED) is 0.846. The topological polar surface area (TPSA) is 55.4 Å². The highest BCUT2D eigenvalue weighted by atomic mass is 79.9. The van der Waals surface area contributed by atoms with Crippen LogP contribution >= 0.6 is 15.9 Å². The molecule has 0 radical (unpaired) electrons. The number of carbonyl (C=O) groups excluding carboxylic acids is 2. The lowest BCUT2D eigenvalue weighted by Crippen LogP contribution is -2.45. The van der Waals surface area contributed by atoms with Crippen molar-refractivity contribution in [2.75, 3.05) is 7.11 Å². The Balaban J connectivity index is 2.88. The fourth-order valence-corrected chi connectivity index (χ4v) is 2.13. The van der Waals surface area contributed by atoms with Gasteiger partial charge in [0.15, 0.2) is 0 Å². The molecule has 2 atom stereocenters. The van der Waals surface area contributed by atoms with Crippen LogP contribution in [-0.4, -0.2) is 25.0 Å². The van der Waals surface area contributed by atoms with Gasteiger partial charge in [-0.15, -0.1) is 0 Å². The van der Waals surface area contributed by atoms with Gasteiger partial charge < -0.3 is 10.1 Å². The number of halogens is 1. The zero-order chi connectivity index (χ0) is 14.4. The zero-order valence-corrected chi connectivity index (χ0v) is 12.9. The highest BCUT2D eigenvalue weighted by Crippen LogP contribution is 2.17. The van der Waals surface area contributed by atoms with Crippen LogP contribution in [0.4, 0.5) is 0 Å². The number of benzene rings is 1. The van der Waals surface area contributed by atoms with Crippen LogP contribution < -0.4 is 5.32 Å². The Morgan fingerprint density at radius 1 is 1.37 bits per heavy atom. The number of hydrogen-bond donors (Lipinski definition) is 1. The van der Waals surface area contributed by atoms with Crippen LogP contribution in [0.3, 0.4) is 0 Å². The Morgan fingerprint density at radius 3 is 2.53 bits per heavy atom. The van der Waals surface area contributed by atoms with E-state index in [1.54, 1.807) is 18.2 Å². The maximum absolute atomic E-state index is 12.2. The maximum atomic E-state index is 12.2. The largest absolute Gasteiger partial charge is 0.467 e. The third-order valence-corrected chi connectivity index (χ3v) is 3.76. The van der Waals surface area contributed by atoms with Gasteiger partial charge in [-0.1, -0.05) is 32.4 Å². The Bertz CT molecular complexity index is 462. The Kier molecular flexibility index (Phi) is 6.02. The molecule has 1 aromatic rings. The lowest BCUT2D eigenvalue weighted by atomic mass is 9.99. The number of rotatable bonds is 5. The van der Waals surface area contributed by atoms with Gasteiger partial charge >= 0.3 is 5.97 Å². The molecule has 1 aromatic carbocycles. The monoisotopic (exact) mass is 327 g/mol. The molecule has 0 spiro atoms. The molecule has 0 aliphatic heterocycles. The van der Waals surface area contributed by atoms with Crippen molar-refractivity contribution in [2.24, 2.45) is 5.92 Å². The Morgan fingerprint density at radius 2 is 2.00 bits per heavy atom. The predicted molar refractivity (Wildman–Crippen MR) is 76.9 cm³/mol. The van der Waals surface area contributed by atoms with Gasteiger partial charge in [-0.25, -0.2) is 4.79 Å². The summed E-state index contributed by atoms with van der Waals surface area (Å²) in [6.07, 6.45) is 0.774. The van der Waals surface area contributed by atoms with Crippen molar-refractivity contribution >= 4 is 27.8 Å². The number of carbonyl (C=O) groups is 2. The molecule has 1 rings (SSSR count). The van der Waals surface area contributed by atoms with Crippen LogP contribution in [0.2, 0.25) is 0 Å². The van der Waals surface area contributed by atoms with E-state index in [1.807, 2.05) is 19.9 Å². The van der Waals surface area contributed by atoms with Crippen molar-refractivity contribution < 1.29 is 14.3 Å². The fraction of sp³-hybridized carbons (Fsp3) is 0.429. The van der Waals surface area contributed by atoms with Gasteiger partial charge in [0.25, 0.3) is 5.91 Å². The molecular formula is C14H18BrNO3. The summed E-state index contributed by atoms with van der Waals surface area (Å²) in [6.45, 7) is 3.87. The molecule has 4 nitrogen and oxygen atoms in total. The van der Waals surface area contributed by atoms with Crippen LogP contribution in [0.1, 0.15) is 30.6 Å². The molecule has 19 heavy (non-hydrogen) atoms. The van der Waals surface area contributed by atoms with Crippen LogP contribution in [0, 0.1) is 5.92 Å². The second kappa shape index (κ2) is 7.28. The molecule has 0 aromatic heterocycles. The second-order valence-corrected chi connectivity index (χ2v) is 5.19. The van der Waals surface area contributed by atoms with E-state index in [0.29, 0.717) is 10.0 Å². The molecule has 0 saturated carbocycles. The average molecular weight is 328 g/mol. The van der Waals surface area contributed by atoms with Crippen LogP contribution in [-0.2, 0) is 9.53 Å². The number of nitrogens with one attached hydrogen (secondary N) is 1. The first-order valence-electron chi connectivity index (χ1n) is 6.14. The van der Waals surface area contributed by atoms with Gasteiger partial charge in [-0.3, -0.25) is 4.79 Å². The van der Waals surface area contributed by atoms with Crippen molar-refractivity contribution in [1.82, 2.24) is 5.32 Å². The minimum absolute atomic E-state index is 0.0129. The van der Waals surface area contributed by atoms with E-state index in [1.165, 1.54) is 7.11 Å². The second-order valence-electron chi connectivity index (χ2n) is 4.34. The molecular weight excluding hydrogens is 310 g/mol. The lowest BCUT2D eigenvalue weighted by molar-refractivity contribution is -0.144. The van der Waals surface area contributed by atoms with Crippen molar-refractivity contribution in [1.29, 1.82) is 0 Å². The van der Waals surface area contributed by atoms with Crippen LogP contribution in [0.25, 0.3) is 0 Å². The van der Waals surface area contributed by atoms with E-state index in [-0.39, 0.29) is 11.8 Å². The molecule has 5 heteroatoms. The van der Waals surface area contributed by atoms with Gasteiger partial charge in [-0.05, 0) is 34.0 Å². The summed E-state index contributed by atoms with van der Waals surface area (Å²) in [4.78, 5) is 23.9. The molecule has 0 aliphatic rings. The summed E-state index contributed by atoms with van der Waals surface area (Å²) in [5.41, 5.74) is 0.500. The molecule has 0 aliphatic carbocycles. The first-order chi connectivity index (χ1) is 9.01. The minimum atomic E-state index is -0.630. The van der Waals surface area contributed by atoms with Gasteiger partial charge in [0.1, 0.15) is 6.04 Å². The minimum Gasteiger partial charge on any atom is -0.467 e. The van der Waals surface area contributed by atoms with Gasteiger partial charge in [0, 0.05) is 4.47 Å². The first kappa shape index (κ1) is 15.7. The highest BCUT2D eigenvalue weighted by molar-refractivity contribution is 9.10. The molecule has 0 fully saturated rings. The molecule has 104 valence electrons. The van der Waals surface area contributed by atoms with E-state index >= 15 is 0 Å². The molecule has 1 amide bonds. The number of hydrogen-bond acceptors (Lipinski definition) is 3. The first-order valence-corrected chi connectivity index (χ1v) is 6.93. The highest BCUT2D eigenvalue weighted by Gasteiger charge is 2.27. The molecule has 0 saturated heterocycles. The predicted octanol–water partition coefficient (Wildman–Crippen LogP) is 2.77. The molecule has 1 N–H and O–H groups in total. The SMILES string of the molecule is CC[C@@H](C)[C@@H](NC(=O)c1ccccc1Br)C(=O)OC. The molecule has 0 bridgehead atoms. The van der Waals surface area contributed by atoms with Crippen molar-refractivity contribution in [3.05, 3.63) is 34.3 Å². The van der Waals surface area contributed by atoms with Gasteiger partial charge in [0.05, 0.1) is 12.7 Å². The fourth-order valence-electron chi connectivity index (χ4n) is 1.66. The number of ether oxygens (including phenoxy) is 1. The standard InChI is InChI=1S/C14H18BrNO3/c1-4-9(2)12(14(18)19-3)16-13(17)10-7-5-6-8-11(10)15/h5-9,12H,4H2,1-3H3,(H,16,17)/t9-,12-/m1/s1. The number of methoxy groups -OCH3 is 1. The molecule has 0 unspecified atom stereocenters. The summed E-state index contributed by atoms with van der Waals surface area (Å²) >= 11 is 3.32. The third-order valence-electron chi connectivity index (χ3n) is 3.07. The summed E-state index contributed by atoms with van der Waals surface area (Å²) in [6, 6.07) is 6.45. The van der Waals surface area contributed by atoms with Crippen molar-refractivity contribution in [3.8, 4) is 0 Å². The molecule has 0 heterocycles. The van der Waals surface area contributed by atoms with Crippen molar-refractivity contribution in [3.63, 3.8) is 0 Å². The van der Waals surface area contributed by atoms with E-state index in [9.17, 15) is 9.59 Å². The average Bonchev–Trinajstić information content (AvgIpc) is 2.43. The van der Waals surface area contributed by atoms with E-state index in [4.69, 9.17) is 4.74 Å². The smallest absolute Gasteiger partial charge is 0.328 e. The lowest BCUT2D eigenvalue weighted by Gasteiger charge is -2.22. The number of amides is 1. The Hall–Kier alpha value is -1.36. The van der Waals surface area contributed by atoms with Gasteiger partial charge in [0.2, 0.25) is 0 Å². The number of esters is 1. The van der Waals surface area contributed by atoms with E-state index < -0.39 is 12.0 Å². The zero-order valence-electron chi connectivity index (χ0n) is 11.3. The van der Waals surface area contributed by atoms with E-state index in [2.05, 4.69) is 21.2 Å². The summed E-state index contributed by atoms with van der Waals surface area (Å²) in [5, 5.41) is 2.73. The van der Waals surface area contributed by atoms with Gasteiger partial charge in [-0.2, -0.15) is 0 Å². The van der Waals surface area contributed by atoms with Crippen molar-refractivity contribution in [2.45, 2.75) is 26.3 Å².